The van der Waals surface area contributed by atoms with Crippen molar-refractivity contribution in [3.8, 4) is 0 Å². The van der Waals surface area contributed by atoms with Gasteiger partial charge in [-0.2, -0.15) is 0 Å². The van der Waals surface area contributed by atoms with Gasteiger partial charge in [0.1, 0.15) is 5.82 Å². The fourth-order valence-corrected chi connectivity index (χ4v) is 2.83. The number of anilines is 1. The molecular weight excluding hydrogens is 323 g/mol. The van der Waals surface area contributed by atoms with Crippen LogP contribution in [0, 0.1) is 5.82 Å². The van der Waals surface area contributed by atoms with E-state index in [2.05, 4.69) is 10.2 Å². The second-order valence-electron chi connectivity index (χ2n) is 4.59. The van der Waals surface area contributed by atoms with Crippen molar-refractivity contribution in [3.63, 3.8) is 0 Å². The van der Waals surface area contributed by atoms with Gasteiger partial charge in [0.2, 0.25) is 0 Å². The molecule has 2 aromatic rings. The second kappa shape index (κ2) is 6.86. The first-order valence-electron chi connectivity index (χ1n) is 6.54. The average molecular weight is 338 g/mol. The number of carbonyl (C=O) groups excluding carboxylic acids is 1. The van der Waals surface area contributed by atoms with E-state index in [9.17, 15) is 17.6 Å². The molecule has 0 bridgehead atoms. The number of nitrogens with one attached hydrogen (secondary N) is 1. The van der Waals surface area contributed by atoms with Gasteiger partial charge < -0.3 is 5.32 Å². The Balaban J connectivity index is 2.28. The van der Waals surface area contributed by atoms with Crippen LogP contribution in [0.4, 0.5) is 10.1 Å². The highest BCUT2D eigenvalue weighted by molar-refractivity contribution is 7.89. The van der Waals surface area contributed by atoms with E-state index in [-0.39, 0.29) is 16.1 Å². The molecule has 0 aliphatic heterocycles. The van der Waals surface area contributed by atoms with E-state index in [1.54, 1.807) is 0 Å². The minimum Gasteiger partial charge on any atom is -0.322 e. The predicted octanol–water partition coefficient (Wildman–Crippen LogP) is 2.26. The summed E-state index contributed by atoms with van der Waals surface area (Å²) in [5, 5.41) is 2.50. The quantitative estimate of drug-likeness (QED) is 0.849. The van der Waals surface area contributed by atoms with E-state index in [4.69, 9.17) is 0 Å². The topological polar surface area (TPSA) is 75.7 Å². The first-order valence-corrected chi connectivity index (χ1v) is 7.98. The Morgan fingerprint density at radius 2 is 1.87 bits per heavy atom. The van der Waals surface area contributed by atoms with Crippen LogP contribution in [-0.4, -0.2) is 33.0 Å². The van der Waals surface area contributed by atoms with Gasteiger partial charge in [0.15, 0.2) is 0 Å². The number of rotatable bonds is 5. The normalized spacial score (nSPS) is 11.5. The molecule has 0 aliphatic rings. The molecule has 0 saturated carbocycles. The molecule has 6 nitrogen and oxygen atoms in total. The Morgan fingerprint density at radius 1 is 1.17 bits per heavy atom. The fraction of sp³-hybridized carbons (Fsp3) is 0.133. The molecule has 0 unspecified atom stereocenters. The summed E-state index contributed by atoms with van der Waals surface area (Å²) in [6, 6.07) is 10.9. The third kappa shape index (κ3) is 3.92. The first kappa shape index (κ1) is 17.1. The molecule has 23 heavy (non-hydrogen) atoms. The van der Waals surface area contributed by atoms with Crippen LogP contribution in [0.25, 0.3) is 0 Å². The maximum absolute atomic E-state index is 13.1. The van der Waals surface area contributed by atoms with Gasteiger partial charge in [-0.15, -0.1) is 0 Å². The number of amides is 1. The summed E-state index contributed by atoms with van der Waals surface area (Å²) < 4.78 is 38.1. The lowest BCUT2D eigenvalue weighted by atomic mass is 10.2. The highest BCUT2D eigenvalue weighted by Crippen LogP contribution is 2.17. The number of halogens is 1. The Kier molecular flexibility index (Phi) is 5.09. The van der Waals surface area contributed by atoms with E-state index < -0.39 is 21.7 Å². The molecule has 0 fully saturated rings. The Morgan fingerprint density at radius 3 is 2.52 bits per heavy atom. The van der Waals surface area contributed by atoms with Crippen molar-refractivity contribution in [2.45, 2.75) is 4.90 Å². The average Bonchev–Trinajstić information content (AvgIpc) is 2.54. The van der Waals surface area contributed by atoms with Gasteiger partial charge in [-0.3, -0.25) is 9.63 Å². The summed E-state index contributed by atoms with van der Waals surface area (Å²) in [6.45, 7) is 0. The summed E-state index contributed by atoms with van der Waals surface area (Å²) in [4.78, 5) is 16.8. The van der Waals surface area contributed by atoms with Crippen molar-refractivity contribution in [3.05, 3.63) is 59.9 Å². The number of hydroxylamine groups is 1. The maximum Gasteiger partial charge on any atom is 0.264 e. The van der Waals surface area contributed by atoms with Gasteiger partial charge in [-0.05, 0) is 36.4 Å². The van der Waals surface area contributed by atoms with E-state index in [0.29, 0.717) is 4.47 Å². The molecule has 0 heterocycles. The number of sulfonamides is 1. The molecule has 0 atom stereocenters. The molecule has 0 aliphatic carbocycles. The Bertz CT molecular complexity index is 824. The molecule has 2 rings (SSSR count). The van der Waals surface area contributed by atoms with Gasteiger partial charge in [-0.1, -0.05) is 16.6 Å². The highest BCUT2D eigenvalue weighted by Gasteiger charge is 2.21. The Hall–Kier alpha value is -2.29. The van der Waals surface area contributed by atoms with E-state index in [0.717, 1.165) is 6.07 Å². The summed E-state index contributed by atoms with van der Waals surface area (Å²) in [5.41, 5.74) is 0.400. The molecule has 0 radical (unpaired) electrons. The van der Waals surface area contributed by atoms with Crippen LogP contribution in [-0.2, 0) is 14.9 Å². The van der Waals surface area contributed by atoms with E-state index in [1.807, 2.05) is 0 Å². The van der Waals surface area contributed by atoms with Gasteiger partial charge >= 0.3 is 0 Å². The molecule has 122 valence electrons. The number of carbonyl (C=O) groups is 1. The van der Waals surface area contributed by atoms with Crippen LogP contribution < -0.4 is 5.32 Å². The maximum atomic E-state index is 13.1. The fourth-order valence-electron chi connectivity index (χ4n) is 1.81. The van der Waals surface area contributed by atoms with Crippen LogP contribution in [0.1, 0.15) is 10.4 Å². The van der Waals surface area contributed by atoms with Crippen molar-refractivity contribution >= 4 is 21.6 Å². The van der Waals surface area contributed by atoms with Gasteiger partial charge in [0, 0.05) is 18.3 Å². The number of nitrogens with zero attached hydrogens (tertiary/aromatic N) is 1. The lowest BCUT2D eigenvalue weighted by Crippen LogP contribution is -2.26. The lowest BCUT2D eigenvalue weighted by Gasteiger charge is -2.14. The molecule has 8 heteroatoms. The van der Waals surface area contributed by atoms with Crippen molar-refractivity contribution in [1.82, 2.24) is 4.47 Å². The summed E-state index contributed by atoms with van der Waals surface area (Å²) in [5.74, 6) is -1.03. The van der Waals surface area contributed by atoms with Crippen LogP contribution in [0.15, 0.2) is 53.4 Å². The summed E-state index contributed by atoms with van der Waals surface area (Å²) in [7, 11) is -1.39. The predicted molar refractivity (Wildman–Crippen MR) is 82.8 cm³/mol. The number of hydrogen-bond donors (Lipinski definition) is 1. The molecule has 2 aromatic carbocycles. The van der Waals surface area contributed by atoms with E-state index >= 15 is 0 Å². The molecule has 1 N–H and O–H groups in total. The zero-order chi connectivity index (χ0) is 17.0. The SMILES string of the molecule is CON(C)S(=O)(=O)c1cccc(C(=O)Nc2cccc(F)c2)c1. The minimum absolute atomic E-state index is 0.0891. The lowest BCUT2D eigenvalue weighted by molar-refractivity contribution is -0.0258. The molecule has 0 aromatic heterocycles. The van der Waals surface area contributed by atoms with Gasteiger partial charge in [0.25, 0.3) is 15.9 Å². The van der Waals surface area contributed by atoms with Crippen molar-refractivity contribution in [2.24, 2.45) is 0 Å². The largest absolute Gasteiger partial charge is 0.322 e. The monoisotopic (exact) mass is 338 g/mol. The van der Waals surface area contributed by atoms with Crippen molar-refractivity contribution < 1.29 is 22.4 Å². The smallest absolute Gasteiger partial charge is 0.264 e. The molecule has 0 saturated heterocycles. The van der Waals surface area contributed by atoms with Gasteiger partial charge in [-0.25, -0.2) is 12.8 Å². The standard InChI is InChI=1S/C15H15FN2O4S/c1-18(22-2)23(20,21)14-8-3-5-11(9-14)15(19)17-13-7-4-6-12(16)10-13/h3-10H,1-2H3,(H,17,19). The van der Waals surface area contributed by atoms with Crippen LogP contribution in [0.5, 0.6) is 0 Å². The molecule has 0 spiro atoms. The zero-order valence-corrected chi connectivity index (χ0v) is 13.3. The zero-order valence-electron chi connectivity index (χ0n) is 12.5. The number of hydrogen-bond acceptors (Lipinski definition) is 4. The van der Waals surface area contributed by atoms with Crippen LogP contribution in [0.2, 0.25) is 0 Å². The highest BCUT2D eigenvalue weighted by atomic mass is 32.2. The minimum atomic E-state index is -3.85. The summed E-state index contributed by atoms with van der Waals surface area (Å²) >= 11 is 0. The van der Waals surface area contributed by atoms with Crippen LogP contribution in [0.3, 0.4) is 0 Å². The summed E-state index contributed by atoms with van der Waals surface area (Å²) in [6.07, 6.45) is 0. The third-order valence-corrected chi connectivity index (χ3v) is 4.75. The Labute approximate surface area is 133 Å². The van der Waals surface area contributed by atoms with E-state index in [1.165, 1.54) is 56.6 Å². The van der Waals surface area contributed by atoms with Gasteiger partial charge in [0.05, 0.1) is 12.0 Å². The molecule has 1 amide bonds. The van der Waals surface area contributed by atoms with Crippen LogP contribution >= 0.6 is 0 Å². The number of benzene rings is 2. The second-order valence-corrected chi connectivity index (χ2v) is 6.53. The third-order valence-electron chi connectivity index (χ3n) is 3.07. The first-order chi connectivity index (χ1) is 10.8. The van der Waals surface area contributed by atoms with Crippen molar-refractivity contribution in [1.29, 1.82) is 0 Å². The van der Waals surface area contributed by atoms with Crippen molar-refractivity contribution in [2.75, 3.05) is 19.5 Å². The molecular formula is C15H15FN2O4S.